The molecule has 1 unspecified atom stereocenters. The Morgan fingerprint density at radius 1 is 1.16 bits per heavy atom. The summed E-state index contributed by atoms with van der Waals surface area (Å²) < 4.78 is 26.9. The minimum Gasteiger partial charge on any atom is -0.296 e. The van der Waals surface area contributed by atoms with Gasteiger partial charge in [0.1, 0.15) is 16.6 Å². The minimum atomic E-state index is -0.792. The quantitative estimate of drug-likeness (QED) is 0.724. The highest BCUT2D eigenvalue weighted by Gasteiger charge is 2.19. The first kappa shape index (κ1) is 17.2. The summed E-state index contributed by atoms with van der Waals surface area (Å²) in [5.74, 6) is -2.17. The van der Waals surface area contributed by atoms with E-state index in [0.717, 1.165) is 35.2 Å². The lowest BCUT2D eigenvalue weighted by atomic mass is 9.97. The van der Waals surface area contributed by atoms with E-state index in [9.17, 15) is 13.6 Å². The average Bonchev–Trinajstić information content (AvgIpc) is 3.06. The summed E-state index contributed by atoms with van der Waals surface area (Å²) in [4.78, 5) is 12.1. The van der Waals surface area contributed by atoms with Gasteiger partial charge >= 0.3 is 0 Å². The Morgan fingerprint density at radius 2 is 1.92 bits per heavy atom. The summed E-state index contributed by atoms with van der Waals surface area (Å²) in [6, 6.07) is 12.6. The fourth-order valence-electron chi connectivity index (χ4n) is 2.50. The van der Waals surface area contributed by atoms with Crippen LogP contribution in [0.5, 0.6) is 0 Å². The molecule has 0 spiro atoms. The number of carbonyl (C=O) groups is 1. The van der Waals surface area contributed by atoms with Crippen LogP contribution in [0.25, 0.3) is 0 Å². The molecule has 0 saturated carbocycles. The van der Waals surface area contributed by atoms with E-state index in [1.54, 1.807) is 0 Å². The molecule has 0 aliphatic rings. The van der Waals surface area contributed by atoms with Gasteiger partial charge in [0.05, 0.1) is 5.56 Å². The maximum atomic E-state index is 13.7. The summed E-state index contributed by atoms with van der Waals surface area (Å²) in [5.41, 5.74) is 0.738. The van der Waals surface area contributed by atoms with Crippen LogP contribution >= 0.6 is 11.3 Å². The molecule has 3 rings (SSSR count). The van der Waals surface area contributed by atoms with E-state index in [4.69, 9.17) is 0 Å². The van der Waals surface area contributed by atoms with E-state index in [1.165, 1.54) is 11.3 Å². The highest BCUT2D eigenvalue weighted by atomic mass is 32.1. The van der Waals surface area contributed by atoms with Gasteiger partial charge in [-0.2, -0.15) is 0 Å². The van der Waals surface area contributed by atoms with Crippen molar-refractivity contribution in [3.63, 3.8) is 0 Å². The molecule has 25 heavy (non-hydrogen) atoms. The smallest absolute Gasteiger partial charge is 0.260 e. The summed E-state index contributed by atoms with van der Waals surface area (Å²) in [6.45, 7) is 2.04. The fraction of sp³-hybridized carbons (Fsp3) is 0.167. The molecule has 0 fully saturated rings. The van der Waals surface area contributed by atoms with Gasteiger partial charge in [0.25, 0.3) is 5.91 Å². The largest absolute Gasteiger partial charge is 0.296 e. The van der Waals surface area contributed by atoms with Crippen LogP contribution in [-0.2, 0) is 0 Å². The second kappa shape index (κ2) is 7.48. The van der Waals surface area contributed by atoms with Crippen LogP contribution in [0.15, 0.2) is 48.5 Å². The molecule has 7 heteroatoms. The van der Waals surface area contributed by atoms with Gasteiger partial charge in [0, 0.05) is 5.92 Å². The molecule has 2 aromatic carbocycles. The standard InChI is InChI=1S/C18H15F2N3OS/c1-2-13(11-6-4-3-5-7-11)17-22-23-18(25-17)21-16(24)14-10-12(19)8-9-15(14)20/h3-10,13H,2H2,1H3,(H,21,23,24). The molecule has 128 valence electrons. The normalized spacial score (nSPS) is 12.0. The van der Waals surface area contributed by atoms with Crippen molar-refractivity contribution in [3.05, 3.63) is 76.3 Å². The second-order valence-electron chi connectivity index (χ2n) is 5.40. The van der Waals surface area contributed by atoms with Gasteiger partial charge < -0.3 is 0 Å². The third-order valence-corrected chi connectivity index (χ3v) is 4.69. The van der Waals surface area contributed by atoms with Gasteiger partial charge in [-0.3, -0.25) is 10.1 Å². The highest BCUT2D eigenvalue weighted by molar-refractivity contribution is 7.15. The van der Waals surface area contributed by atoms with E-state index in [0.29, 0.717) is 0 Å². The van der Waals surface area contributed by atoms with E-state index < -0.39 is 17.5 Å². The lowest BCUT2D eigenvalue weighted by molar-refractivity contribution is 0.102. The van der Waals surface area contributed by atoms with Gasteiger partial charge in [-0.25, -0.2) is 8.78 Å². The third kappa shape index (κ3) is 3.88. The van der Waals surface area contributed by atoms with Gasteiger partial charge in [-0.1, -0.05) is 48.6 Å². The molecule has 0 saturated heterocycles. The SMILES string of the molecule is CCC(c1ccccc1)c1nnc(NC(=O)c2cc(F)ccc2F)s1. The van der Waals surface area contributed by atoms with Crippen LogP contribution in [0.3, 0.4) is 0 Å². The maximum Gasteiger partial charge on any atom is 0.260 e. The van der Waals surface area contributed by atoms with E-state index >= 15 is 0 Å². The zero-order chi connectivity index (χ0) is 17.8. The van der Waals surface area contributed by atoms with Crippen molar-refractivity contribution in [2.75, 3.05) is 5.32 Å². The number of anilines is 1. The monoisotopic (exact) mass is 359 g/mol. The molecular formula is C18H15F2N3OS. The molecule has 1 amide bonds. The number of nitrogens with one attached hydrogen (secondary N) is 1. The molecule has 1 aromatic heterocycles. The number of benzene rings is 2. The summed E-state index contributed by atoms with van der Waals surface area (Å²) >= 11 is 1.22. The first-order valence-electron chi connectivity index (χ1n) is 7.73. The topological polar surface area (TPSA) is 54.9 Å². The van der Waals surface area contributed by atoms with Gasteiger partial charge in [-0.15, -0.1) is 10.2 Å². The fourth-order valence-corrected chi connectivity index (χ4v) is 3.45. The predicted molar refractivity (Wildman–Crippen MR) is 92.8 cm³/mol. The number of hydrogen-bond acceptors (Lipinski definition) is 4. The van der Waals surface area contributed by atoms with Gasteiger partial charge in [0.15, 0.2) is 0 Å². The Labute approximate surface area is 147 Å². The zero-order valence-electron chi connectivity index (χ0n) is 13.4. The second-order valence-corrected chi connectivity index (χ2v) is 6.40. The van der Waals surface area contributed by atoms with Crippen LogP contribution in [0, 0.1) is 11.6 Å². The molecule has 1 N–H and O–H groups in total. The number of amides is 1. The van der Waals surface area contributed by atoms with E-state index in [1.807, 2.05) is 37.3 Å². The van der Waals surface area contributed by atoms with Crippen molar-refractivity contribution in [2.45, 2.75) is 19.3 Å². The van der Waals surface area contributed by atoms with Crippen molar-refractivity contribution in [2.24, 2.45) is 0 Å². The van der Waals surface area contributed by atoms with Gasteiger partial charge in [0.2, 0.25) is 5.13 Å². The van der Waals surface area contributed by atoms with Crippen molar-refractivity contribution in [1.29, 1.82) is 0 Å². The number of carbonyl (C=O) groups excluding carboxylic acids is 1. The number of hydrogen-bond donors (Lipinski definition) is 1. The minimum absolute atomic E-state index is 0.0651. The Morgan fingerprint density at radius 3 is 2.64 bits per heavy atom. The van der Waals surface area contributed by atoms with E-state index in [-0.39, 0.29) is 16.6 Å². The molecule has 1 atom stereocenters. The van der Waals surface area contributed by atoms with Crippen molar-refractivity contribution in [3.8, 4) is 0 Å². The Balaban J connectivity index is 1.79. The summed E-state index contributed by atoms with van der Waals surface area (Å²) in [7, 11) is 0. The molecular weight excluding hydrogens is 344 g/mol. The Bertz CT molecular complexity index is 883. The predicted octanol–water partition coefficient (Wildman–Crippen LogP) is 4.61. The lowest BCUT2D eigenvalue weighted by Gasteiger charge is -2.11. The maximum absolute atomic E-state index is 13.7. The van der Waals surface area contributed by atoms with Crippen LogP contribution in [0.4, 0.5) is 13.9 Å². The van der Waals surface area contributed by atoms with Crippen LogP contribution in [-0.4, -0.2) is 16.1 Å². The molecule has 3 aromatic rings. The van der Waals surface area contributed by atoms with Crippen LogP contribution < -0.4 is 5.32 Å². The number of halogens is 2. The van der Waals surface area contributed by atoms with Crippen LogP contribution in [0.2, 0.25) is 0 Å². The number of nitrogens with zero attached hydrogens (tertiary/aromatic N) is 2. The van der Waals surface area contributed by atoms with Crippen LogP contribution in [0.1, 0.15) is 40.2 Å². The van der Waals surface area contributed by atoms with Crippen molar-refractivity contribution < 1.29 is 13.6 Å². The molecule has 1 heterocycles. The summed E-state index contributed by atoms with van der Waals surface area (Å²) in [6.07, 6.45) is 0.825. The number of rotatable bonds is 5. The molecule has 4 nitrogen and oxygen atoms in total. The molecule has 0 radical (unpaired) electrons. The summed E-state index contributed by atoms with van der Waals surface area (Å²) in [5, 5.41) is 11.6. The number of aromatic nitrogens is 2. The first-order valence-corrected chi connectivity index (χ1v) is 8.55. The van der Waals surface area contributed by atoms with Gasteiger partial charge in [-0.05, 0) is 30.2 Å². The Hall–Kier alpha value is -2.67. The zero-order valence-corrected chi connectivity index (χ0v) is 14.2. The highest BCUT2D eigenvalue weighted by Crippen LogP contribution is 2.31. The van der Waals surface area contributed by atoms with Crippen molar-refractivity contribution in [1.82, 2.24) is 10.2 Å². The third-order valence-electron chi connectivity index (χ3n) is 3.74. The molecule has 0 aliphatic heterocycles. The average molecular weight is 359 g/mol. The first-order chi connectivity index (χ1) is 12.1. The van der Waals surface area contributed by atoms with E-state index in [2.05, 4.69) is 15.5 Å². The Kier molecular flexibility index (Phi) is 5.14. The lowest BCUT2D eigenvalue weighted by Crippen LogP contribution is -2.14. The molecule has 0 bridgehead atoms. The molecule has 0 aliphatic carbocycles. The van der Waals surface area contributed by atoms with Crippen molar-refractivity contribution >= 4 is 22.4 Å².